The van der Waals surface area contributed by atoms with Crippen LogP contribution in [0.25, 0.3) is 10.9 Å². The Kier molecular flexibility index (Phi) is 5.28. The molecule has 1 heterocycles. The van der Waals surface area contributed by atoms with E-state index in [1.807, 2.05) is 30.5 Å². The summed E-state index contributed by atoms with van der Waals surface area (Å²) in [4.78, 5) is 41.1. The van der Waals surface area contributed by atoms with Crippen LogP contribution in [0.3, 0.4) is 0 Å². The third-order valence-electron chi connectivity index (χ3n) is 5.58. The second-order valence-corrected chi connectivity index (χ2v) is 8.02. The Morgan fingerprint density at radius 1 is 0.848 bits per heavy atom. The van der Waals surface area contributed by atoms with Gasteiger partial charge in [-0.2, -0.15) is 0 Å². The van der Waals surface area contributed by atoms with Crippen LogP contribution in [0, 0.1) is 0 Å². The molecule has 0 radical (unpaired) electrons. The Balaban J connectivity index is 1.28. The van der Waals surface area contributed by atoms with Crippen LogP contribution in [0.4, 0.5) is 5.69 Å². The maximum atomic E-state index is 12.8. The van der Waals surface area contributed by atoms with Crippen molar-refractivity contribution < 1.29 is 14.4 Å². The summed E-state index contributed by atoms with van der Waals surface area (Å²) in [6, 6.07) is 21.2. The Bertz CT molecular complexity index is 1450. The third kappa shape index (κ3) is 3.81. The molecule has 1 amide bonds. The van der Waals surface area contributed by atoms with Crippen molar-refractivity contribution in [2.45, 2.75) is 6.54 Å². The van der Waals surface area contributed by atoms with E-state index in [0.717, 1.165) is 16.5 Å². The second-order valence-electron chi connectivity index (χ2n) is 7.64. The number of benzene rings is 3. The van der Waals surface area contributed by atoms with Gasteiger partial charge < -0.3 is 15.6 Å². The summed E-state index contributed by atoms with van der Waals surface area (Å²) in [6.07, 6.45) is 1.83. The van der Waals surface area contributed by atoms with Gasteiger partial charge in [-0.25, -0.2) is 0 Å². The number of hydrogen-bond acceptors (Lipinski definition) is 4. The third-order valence-corrected chi connectivity index (χ3v) is 5.94. The first-order valence-electron chi connectivity index (χ1n) is 10.3. The second kappa shape index (κ2) is 8.41. The molecule has 1 aliphatic rings. The molecule has 0 spiro atoms. The van der Waals surface area contributed by atoms with Gasteiger partial charge in [0, 0.05) is 34.8 Å². The van der Waals surface area contributed by atoms with Gasteiger partial charge in [-0.1, -0.05) is 60.1 Å². The minimum Gasteiger partial charge on any atom is -0.376 e. The number of hydrogen-bond donors (Lipinski definition) is 3. The fraction of sp³-hybridized carbons (Fsp3) is 0.0385. The molecule has 33 heavy (non-hydrogen) atoms. The lowest BCUT2D eigenvalue weighted by atomic mass is 9.92. The monoisotopic (exact) mass is 455 g/mol. The number of aromatic amines is 1. The van der Waals surface area contributed by atoms with E-state index in [1.54, 1.807) is 48.5 Å². The molecule has 0 aliphatic heterocycles. The zero-order valence-electron chi connectivity index (χ0n) is 17.3. The average molecular weight is 456 g/mol. The summed E-state index contributed by atoms with van der Waals surface area (Å²) < 4.78 is 0. The molecule has 0 unspecified atom stereocenters. The van der Waals surface area contributed by atoms with Crippen molar-refractivity contribution >= 4 is 45.7 Å². The van der Waals surface area contributed by atoms with E-state index in [9.17, 15) is 14.4 Å². The number of H-pyrrole nitrogens is 1. The first kappa shape index (κ1) is 20.7. The van der Waals surface area contributed by atoms with Gasteiger partial charge in [0.15, 0.2) is 0 Å². The number of amides is 1. The van der Waals surface area contributed by atoms with Crippen molar-refractivity contribution in [1.82, 2.24) is 10.3 Å². The van der Waals surface area contributed by atoms with Crippen LogP contribution < -0.4 is 10.6 Å². The van der Waals surface area contributed by atoms with Gasteiger partial charge in [0.25, 0.3) is 5.91 Å². The predicted molar refractivity (Wildman–Crippen MR) is 128 cm³/mol. The van der Waals surface area contributed by atoms with Crippen molar-refractivity contribution in [3.8, 4) is 0 Å². The van der Waals surface area contributed by atoms with Crippen molar-refractivity contribution in [1.29, 1.82) is 0 Å². The number of rotatable bonds is 5. The molecule has 6 nitrogen and oxygen atoms in total. The molecule has 1 aliphatic carbocycles. The molecule has 7 heteroatoms. The number of nitrogens with one attached hydrogen (secondary N) is 3. The first-order chi connectivity index (χ1) is 16.0. The molecule has 3 N–H and O–H groups in total. The predicted octanol–water partition coefficient (Wildman–Crippen LogP) is 5.04. The van der Waals surface area contributed by atoms with E-state index in [4.69, 9.17) is 11.6 Å². The van der Waals surface area contributed by atoms with Crippen molar-refractivity contribution in [2.24, 2.45) is 0 Å². The Morgan fingerprint density at radius 3 is 2.33 bits per heavy atom. The SMILES string of the molecule is O=C(Nc1cccc2cc[nH]c12)c1ccc(CNC2=C(Cl)C(=O)c3ccccc3C2=O)cc1. The summed E-state index contributed by atoms with van der Waals surface area (Å²) in [5.41, 5.74) is 3.62. The highest BCUT2D eigenvalue weighted by atomic mass is 35.5. The molecule has 0 atom stereocenters. The van der Waals surface area contributed by atoms with Gasteiger partial charge in [-0.05, 0) is 29.8 Å². The Hall–Kier alpha value is -4.16. The number of aromatic nitrogens is 1. The molecule has 5 rings (SSSR count). The average Bonchev–Trinajstić information content (AvgIpc) is 3.33. The number of Topliss-reactive ketones (excluding diaryl/α,β-unsaturated/α-hetero) is 2. The normalized spacial score (nSPS) is 13.2. The van der Waals surface area contributed by atoms with Gasteiger partial charge in [0.1, 0.15) is 10.7 Å². The molecule has 0 bridgehead atoms. The highest BCUT2D eigenvalue weighted by molar-refractivity contribution is 6.49. The fourth-order valence-corrected chi connectivity index (χ4v) is 4.11. The largest absolute Gasteiger partial charge is 0.376 e. The summed E-state index contributed by atoms with van der Waals surface area (Å²) in [7, 11) is 0. The molecule has 0 saturated carbocycles. The molecule has 4 aromatic rings. The number of fused-ring (bicyclic) bond motifs is 2. The van der Waals surface area contributed by atoms with E-state index in [2.05, 4.69) is 15.6 Å². The minimum absolute atomic E-state index is 0.0845. The molecular formula is C26H18ClN3O3. The quantitative estimate of drug-likeness (QED) is 0.393. The lowest BCUT2D eigenvalue weighted by molar-refractivity contribution is 0.0974. The van der Waals surface area contributed by atoms with Crippen LogP contribution in [0.5, 0.6) is 0 Å². The summed E-state index contributed by atoms with van der Waals surface area (Å²) in [6.45, 7) is 0.274. The Labute approximate surface area is 194 Å². The summed E-state index contributed by atoms with van der Waals surface area (Å²) in [5.74, 6) is -0.921. The fourth-order valence-electron chi connectivity index (χ4n) is 3.85. The minimum atomic E-state index is -0.376. The van der Waals surface area contributed by atoms with Gasteiger partial charge in [0.05, 0.1) is 11.2 Å². The maximum Gasteiger partial charge on any atom is 0.255 e. The number of carbonyl (C=O) groups is 3. The molecule has 0 fully saturated rings. The van der Waals surface area contributed by atoms with E-state index in [0.29, 0.717) is 22.4 Å². The number of ketones is 2. The Morgan fingerprint density at radius 2 is 1.58 bits per heavy atom. The van der Waals surface area contributed by atoms with Crippen LogP contribution in [-0.4, -0.2) is 22.5 Å². The standard InChI is InChI=1S/C26H18ClN3O3/c27-21-23(25(32)19-6-2-1-5-18(19)24(21)31)29-14-15-8-10-17(11-9-15)26(33)30-20-7-3-4-16-12-13-28-22(16)20/h1-13,28-29H,14H2,(H,30,33). The lowest BCUT2D eigenvalue weighted by Crippen LogP contribution is -2.28. The van der Waals surface area contributed by atoms with Crippen LogP contribution >= 0.6 is 11.6 Å². The zero-order chi connectivity index (χ0) is 22.9. The van der Waals surface area contributed by atoms with E-state index >= 15 is 0 Å². The molecule has 3 aromatic carbocycles. The number of para-hydroxylation sites is 1. The first-order valence-corrected chi connectivity index (χ1v) is 10.7. The van der Waals surface area contributed by atoms with Gasteiger partial charge >= 0.3 is 0 Å². The van der Waals surface area contributed by atoms with Crippen LogP contribution in [0.1, 0.15) is 36.6 Å². The van der Waals surface area contributed by atoms with Crippen molar-refractivity contribution in [3.63, 3.8) is 0 Å². The highest BCUT2D eigenvalue weighted by Gasteiger charge is 2.30. The van der Waals surface area contributed by atoms with E-state index in [1.165, 1.54) is 0 Å². The van der Waals surface area contributed by atoms with E-state index < -0.39 is 0 Å². The summed E-state index contributed by atoms with van der Waals surface area (Å²) >= 11 is 6.19. The molecule has 1 aromatic heterocycles. The number of anilines is 1. The van der Waals surface area contributed by atoms with Crippen LogP contribution in [0.2, 0.25) is 0 Å². The molecular weight excluding hydrogens is 438 g/mol. The number of allylic oxidation sites excluding steroid dienone is 2. The van der Waals surface area contributed by atoms with Crippen LogP contribution in [-0.2, 0) is 6.54 Å². The van der Waals surface area contributed by atoms with Gasteiger partial charge in [-0.3, -0.25) is 14.4 Å². The van der Waals surface area contributed by atoms with Crippen LogP contribution in [0.15, 0.2) is 89.7 Å². The summed E-state index contributed by atoms with van der Waals surface area (Å²) in [5, 5.41) is 6.81. The van der Waals surface area contributed by atoms with Gasteiger partial charge in [0.2, 0.25) is 11.6 Å². The maximum absolute atomic E-state index is 12.8. The highest BCUT2D eigenvalue weighted by Crippen LogP contribution is 2.27. The zero-order valence-corrected chi connectivity index (χ0v) is 18.1. The van der Waals surface area contributed by atoms with Crippen molar-refractivity contribution in [3.05, 3.63) is 112 Å². The lowest BCUT2D eigenvalue weighted by Gasteiger charge is -2.19. The topological polar surface area (TPSA) is 91.1 Å². The molecule has 162 valence electrons. The smallest absolute Gasteiger partial charge is 0.255 e. The van der Waals surface area contributed by atoms with Crippen molar-refractivity contribution in [2.75, 3.05) is 5.32 Å². The number of carbonyl (C=O) groups excluding carboxylic acids is 3. The number of halogens is 1. The van der Waals surface area contributed by atoms with E-state index in [-0.39, 0.29) is 34.7 Å². The molecule has 0 saturated heterocycles. The van der Waals surface area contributed by atoms with Gasteiger partial charge in [-0.15, -0.1) is 0 Å².